The number of rotatable bonds is 5. The SMILES string of the molecule is CCC=CCCOC(=O)c1ccccc1C. The smallest absolute Gasteiger partial charge is 0.338 e. The van der Waals surface area contributed by atoms with Crippen molar-refractivity contribution >= 4 is 5.97 Å². The molecule has 1 aromatic rings. The minimum absolute atomic E-state index is 0.233. The van der Waals surface area contributed by atoms with E-state index in [9.17, 15) is 4.79 Å². The maximum absolute atomic E-state index is 11.7. The molecule has 0 spiro atoms. The predicted molar refractivity (Wildman–Crippen MR) is 65.5 cm³/mol. The van der Waals surface area contributed by atoms with Crippen LogP contribution in [0.5, 0.6) is 0 Å². The summed E-state index contributed by atoms with van der Waals surface area (Å²) < 4.78 is 5.17. The first kappa shape index (κ1) is 12.5. The molecule has 16 heavy (non-hydrogen) atoms. The van der Waals surface area contributed by atoms with Crippen LogP contribution in [-0.4, -0.2) is 12.6 Å². The number of ether oxygens (including phenoxy) is 1. The average Bonchev–Trinajstić information content (AvgIpc) is 2.29. The summed E-state index contributed by atoms with van der Waals surface area (Å²) in [5.74, 6) is -0.233. The zero-order valence-corrected chi connectivity index (χ0v) is 9.90. The van der Waals surface area contributed by atoms with Crippen LogP contribution < -0.4 is 0 Å². The fraction of sp³-hybridized carbons (Fsp3) is 0.357. The number of hydrogen-bond acceptors (Lipinski definition) is 2. The van der Waals surface area contributed by atoms with Crippen molar-refractivity contribution in [3.05, 3.63) is 47.5 Å². The summed E-state index contributed by atoms with van der Waals surface area (Å²) in [6.45, 7) is 4.44. The first-order valence-corrected chi connectivity index (χ1v) is 5.63. The molecule has 0 aliphatic carbocycles. The average molecular weight is 218 g/mol. The number of aryl methyl sites for hydroxylation is 1. The molecular formula is C14H18O2. The number of allylic oxidation sites excluding steroid dienone is 1. The summed E-state index contributed by atoms with van der Waals surface area (Å²) in [5, 5.41) is 0. The van der Waals surface area contributed by atoms with Gasteiger partial charge in [0.2, 0.25) is 0 Å². The summed E-state index contributed by atoms with van der Waals surface area (Å²) in [6, 6.07) is 7.46. The van der Waals surface area contributed by atoms with Gasteiger partial charge in [0.15, 0.2) is 0 Å². The second kappa shape index (κ2) is 6.83. The zero-order valence-electron chi connectivity index (χ0n) is 9.90. The van der Waals surface area contributed by atoms with Crippen molar-refractivity contribution < 1.29 is 9.53 Å². The Bertz CT molecular complexity index is 367. The maximum Gasteiger partial charge on any atom is 0.338 e. The topological polar surface area (TPSA) is 26.3 Å². The van der Waals surface area contributed by atoms with E-state index in [1.807, 2.05) is 31.2 Å². The van der Waals surface area contributed by atoms with Gasteiger partial charge in [-0.05, 0) is 31.4 Å². The summed E-state index contributed by atoms with van der Waals surface area (Å²) in [7, 11) is 0. The van der Waals surface area contributed by atoms with Gasteiger partial charge in [-0.25, -0.2) is 4.79 Å². The second-order valence-corrected chi connectivity index (χ2v) is 3.62. The van der Waals surface area contributed by atoms with Gasteiger partial charge in [-0.15, -0.1) is 0 Å². The minimum atomic E-state index is -0.233. The van der Waals surface area contributed by atoms with Crippen molar-refractivity contribution in [3.63, 3.8) is 0 Å². The molecule has 0 aromatic heterocycles. The lowest BCUT2D eigenvalue weighted by Gasteiger charge is -2.05. The van der Waals surface area contributed by atoms with Gasteiger partial charge in [-0.1, -0.05) is 37.3 Å². The molecule has 0 aliphatic heterocycles. The molecule has 0 unspecified atom stereocenters. The predicted octanol–water partition coefficient (Wildman–Crippen LogP) is 3.51. The third-order valence-electron chi connectivity index (χ3n) is 2.29. The molecule has 0 saturated carbocycles. The Labute approximate surface area is 96.9 Å². The number of esters is 1. The lowest BCUT2D eigenvalue weighted by atomic mass is 10.1. The molecule has 1 aromatic carbocycles. The minimum Gasteiger partial charge on any atom is -0.462 e. The Morgan fingerprint density at radius 3 is 2.75 bits per heavy atom. The molecule has 0 bridgehead atoms. The molecule has 0 atom stereocenters. The van der Waals surface area contributed by atoms with E-state index >= 15 is 0 Å². The fourth-order valence-electron chi connectivity index (χ4n) is 1.38. The number of benzene rings is 1. The first-order valence-electron chi connectivity index (χ1n) is 5.63. The summed E-state index contributed by atoms with van der Waals surface area (Å²) >= 11 is 0. The highest BCUT2D eigenvalue weighted by molar-refractivity contribution is 5.90. The van der Waals surface area contributed by atoms with E-state index in [-0.39, 0.29) is 5.97 Å². The number of carbonyl (C=O) groups excluding carboxylic acids is 1. The van der Waals surface area contributed by atoms with E-state index in [1.54, 1.807) is 6.07 Å². The molecule has 0 radical (unpaired) electrons. The molecule has 0 fully saturated rings. The van der Waals surface area contributed by atoms with Crippen molar-refractivity contribution in [3.8, 4) is 0 Å². The van der Waals surface area contributed by atoms with Crippen molar-refractivity contribution in [2.75, 3.05) is 6.61 Å². The van der Waals surface area contributed by atoms with Crippen LogP contribution >= 0.6 is 0 Å². The summed E-state index contributed by atoms with van der Waals surface area (Å²) in [6.07, 6.45) is 5.91. The summed E-state index contributed by atoms with van der Waals surface area (Å²) in [5.41, 5.74) is 1.61. The molecule has 2 nitrogen and oxygen atoms in total. The van der Waals surface area contributed by atoms with E-state index in [1.165, 1.54) is 0 Å². The van der Waals surface area contributed by atoms with Gasteiger partial charge in [-0.3, -0.25) is 0 Å². The Hall–Kier alpha value is -1.57. The Kier molecular flexibility index (Phi) is 5.34. The molecular weight excluding hydrogens is 200 g/mol. The number of hydrogen-bond donors (Lipinski definition) is 0. The lowest BCUT2D eigenvalue weighted by Crippen LogP contribution is -2.07. The lowest BCUT2D eigenvalue weighted by molar-refractivity contribution is 0.0511. The first-order chi connectivity index (χ1) is 7.75. The van der Waals surface area contributed by atoms with E-state index < -0.39 is 0 Å². The van der Waals surface area contributed by atoms with Gasteiger partial charge in [0.05, 0.1) is 12.2 Å². The van der Waals surface area contributed by atoms with Gasteiger partial charge in [0, 0.05) is 0 Å². The van der Waals surface area contributed by atoms with Crippen molar-refractivity contribution in [1.29, 1.82) is 0 Å². The van der Waals surface area contributed by atoms with Crippen LogP contribution in [-0.2, 0) is 4.74 Å². The zero-order chi connectivity index (χ0) is 11.8. The van der Waals surface area contributed by atoms with Crippen LogP contribution in [0.15, 0.2) is 36.4 Å². The normalized spacial score (nSPS) is 10.6. The third-order valence-corrected chi connectivity index (χ3v) is 2.29. The molecule has 0 N–H and O–H groups in total. The molecule has 86 valence electrons. The molecule has 1 rings (SSSR count). The van der Waals surface area contributed by atoms with E-state index in [0.717, 1.165) is 18.4 Å². The summed E-state index contributed by atoms with van der Waals surface area (Å²) in [4.78, 5) is 11.7. The highest BCUT2D eigenvalue weighted by Crippen LogP contribution is 2.08. The largest absolute Gasteiger partial charge is 0.462 e. The van der Waals surface area contributed by atoms with Gasteiger partial charge in [-0.2, -0.15) is 0 Å². The monoisotopic (exact) mass is 218 g/mol. The van der Waals surface area contributed by atoms with Crippen molar-refractivity contribution in [1.82, 2.24) is 0 Å². The van der Waals surface area contributed by atoms with Crippen LogP contribution in [0.2, 0.25) is 0 Å². The van der Waals surface area contributed by atoms with Crippen LogP contribution in [0, 0.1) is 6.92 Å². The van der Waals surface area contributed by atoms with Gasteiger partial charge in [0.1, 0.15) is 0 Å². The fourth-order valence-corrected chi connectivity index (χ4v) is 1.38. The number of carbonyl (C=O) groups is 1. The van der Waals surface area contributed by atoms with Crippen LogP contribution in [0.4, 0.5) is 0 Å². The molecule has 2 heteroatoms. The van der Waals surface area contributed by atoms with Crippen LogP contribution in [0.1, 0.15) is 35.7 Å². The van der Waals surface area contributed by atoms with E-state index in [0.29, 0.717) is 12.2 Å². The molecule has 0 saturated heterocycles. The van der Waals surface area contributed by atoms with E-state index in [4.69, 9.17) is 4.74 Å². The molecule has 0 aliphatic rings. The second-order valence-electron chi connectivity index (χ2n) is 3.62. The van der Waals surface area contributed by atoms with Gasteiger partial charge < -0.3 is 4.74 Å². The Morgan fingerprint density at radius 1 is 1.31 bits per heavy atom. The maximum atomic E-state index is 11.7. The molecule has 0 heterocycles. The van der Waals surface area contributed by atoms with E-state index in [2.05, 4.69) is 13.0 Å². The highest BCUT2D eigenvalue weighted by atomic mass is 16.5. The Balaban J connectivity index is 2.41. The standard InChI is InChI=1S/C14H18O2/c1-3-4-5-8-11-16-14(15)13-10-7-6-9-12(13)2/h4-7,9-10H,3,8,11H2,1-2H3. The van der Waals surface area contributed by atoms with Gasteiger partial charge >= 0.3 is 5.97 Å². The van der Waals surface area contributed by atoms with Crippen molar-refractivity contribution in [2.24, 2.45) is 0 Å². The molecule has 0 amide bonds. The highest BCUT2D eigenvalue weighted by Gasteiger charge is 2.08. The third kappa shape index (κ3) is 3.89. The van der Waals surface area contributed by atoms with Crippen LogP contribution in [0.3, 0.4) is 0 Å². The van der Waals surface area contributed by atoms with Crippen molar-refractivity contribution in [2.45, 2.75) is 26.7 Å². The van der Waals surface area contributed by atoms with Gasteiger partial charge in [0.25, 0.3) is 0 Å². The van der Waals surface area contributed by atoms with Crippen LogP contribution in [0.25, 0.3) is 0 Å². The quantitative estimate of drug-likeness (QED) is 0.429. The Morgan fingerprint density at radius 2 is 2.06 bits per heavy atom.